The van der Waals surface area contributed by atoms with Crippen molar-refractivity contribution in [2.45, 2.75) is 66.7 Å². The van der Waals surface area contributed by atoms with E-state index in [1.54, 1.807) is 23.3 Å². The Morgan fingerprint density at radius 2 is 1.91 bits per heavy atom. The topological polar surface area (TPSA) is 103 Å². The van der Waals surface area contributed by atoms with Crippen LogP contribution in [0.3, 0.4) is 0 Å². The molecule has 3 rings (SSSR count). The number of fused-ring (bicyclic) bond motifs is 1. The minimum atomic E-state index is -0.395. The molecule has 9 nitrogen and oxygen atoms in total. The Hall–Kier alpha value is -2.88. The fourth-order valence-electron chi connectivity index (χ4n) is 3.61. The highest BCUT2D eigenvalue weighted by Gasteiger charge is 2.24. The van der Waals surface area contributed by atoms with Crippen molar-refractivity contribution in [3.8, 4) is 0 Å². The monoisotopic (exact) mass is 458 g/mol. The molecule has 3 heterocycles. The van der Waals surface area contributed by atoms with Crippen molar-refractivity contribution in [1.29, 1.82) is 0 Å². The van der Waals surface area contributed by atoms with Crippen molar-refractivity contribution in [3.63, 3.8) is 0 Å². The van der Waals surface area contributed by atoms with Gasteiger partial charge < -0.3 is 4.74 Å². The van der Waals surface area contributed by atoms with E-state index in [0.717, 1.165) is 36.2 Å². The van der Waals surface area contributed by atoms with Gasteiger partial charge in [0.05, 0.1) is 12.3 Å². The third kappa shape index (κ3) is 5.12. The Kier molecular flexibility index (Phi) is 7.89. The second-order valence-electron chi connectivity index (χ2n) is 7.62. The van der Waals surface area contributed by atoms with Crippen LogP contribution >= 0.6 is 11.3 Å². The Morgan fingerprint density at radius 3 is 2.62 bits per heavy atom. The molecule has 0 aliphatic carbocycles. The zero-order valence-electron chi connectivity index (χ0n) is 19.3. The summed E-state index contributed by atoms with van der Waals surface area (Å²) in [7, 11) is 0. The van der Waals surface area contributed by atoms with Crippen LogP contribution in [0.15, 0.2) is 6.33 Å². The van der Waals surface area contributed by atoms with Crippen LogP contribution in [0, 0.1) is 20.8 Å². The molecule has 0 fully saturated rings. The summed E-state index contributed by atoms with van der Waals surface area (Å²) in [6.07, 6.45) is 5.27. The Morgan fingerprint density at radius 1 is 1.12 bits per heavy atom. The first-order valence-electron chi connectivity index (χ1n) is 11.0. The number of nitrogens with zero attached hydrogens (tertiary/aromatic N) is 6. The van der Waals surface area contributed by atoms with Gasteiger partial charge in [0, 0.05) is 24.4 Å². The molecule has 0 unspecified atom stereocenters. The SMILES string of the molecule is CCCCCN(C(=O)CCc1c(C)nc2ncnn2c1C)c1nc(C)c(C(=O)OCC)s1. The van der Waals surface area contributed by atoms with Crippen LogP contribution in [0.2, 0.25) is 0 Å². The van der Waals surface area contributed by atoms with Gasteiger partial charge in [-0.3, -0.25) is 9.69 Å². The van der Waals surface area contributed by atoms with Gasteiger partial charge in [0.25, 0.3) is 5.78 Å². The molecular formula is C22H30N6O3S. The molecule has 0 aliphatic heterocycles. The number of aryl methyl sites for hydroxylation is 3. The van der Waals surface area contributed by atoms with Crippen LogP contribution in [0.1, 0.15) is 71.8 Å². The van der Waals surface area contributed by atoms with Gasteiger partial charge in [0.2, 0.25) is 5.91 Å². The maximum atomic E-state index is 13.3. The summed E-state index contributed by atoms with van der Waals surface area (Å²) < 4.78 is 6.82. The number of aromatic nitrogens is 5. The summed E-state index contributed by atoms with van der Waals surface area (Å²) in [5.41, 5.74) is 3.37. The number of rotatable bonds is 10. The molecule has 0 saturated carbocycles. The first-order valence-corrected chi connectivity index (χ1v) is 11.8. The van der Waals surface area contributed by atoms with Crippen LogP contribution in [-0.2, 0) is 16.0 Å². The third-order valence-electron chi connectivity index (χ3n) is 5.34. The smallest absolute Gasteiger partial charge is 0.350 e. The summed E-state index contributed by atoms with van der Waals surface area (Å²) >= 11 is 1.22. The number of esters is 1. The summed E-state index contributed by atoms with van der Waals surface area (Å²) in [5, 5.41) is 4.77. The molecule has 0 saturated heterocycles. The predicted octanol–water partition coefficient (Wildman–Crippen LogP) is 3.84. The molecule has 0 spiro atoms. The van der Waals surface area contributed by atoms with Crippen molar-refractivity contribution in [2.24, 2.45) is 0 Å². The van der Waals surface area contributed by atoms with Gasteiger partial charge in [-0.1, -0.05) is 31.1 Å². The molecule has 1 amide bonds. The molecule has 0 bridgehead atoms. The number of amides is 1. The van der Waals surface area contributed by atoms with Crippen LogP contribution in [0.4, 0.5) is 5.13 Å². The number of hydrogen-bond donors (Lipinski definition) is 0. The van der Waals surface area contributed by atoms with Crippen molar-refractivity contribution in [1.82, 2.24) is 24.6 Å². The molecule has 0 atom stereocenters. The normalized spacial score (nSPS) is 11.2. The van der Waals surface area contributed by atoms with Crippen molar-refractivity contribution in [3.05, 3.63) is 33.8 Å². The van der Waals surface area contributed by atoms with Gasteiger partial charge in [-0.05, 0) is 46.1 Å². The maximum absolute atomic E-state index is 13.3. The summed E-state index contributed by atoms with van der Waals surface area (Å²) in [6.45, 7) is 10.4. The van der Waals surface area contributed by atoms with E-state index in [4.69, 9.17) is 4.74 Å². The van der Waals surface area contributed by atoms with Crippen LogP contribution in [0.5, 0.6) is 0 Å². The number of unbranched alkanes of at least 4 members (excludes halogenated alkanes) is 2. The quantitative estimate of drug-likeness (QED) is 0.336. The van der Waals surface area contributed by atoms with E-state index in [2.05, 4.69) is 27.0 Å². The summed E-state index contributed by atoms with van der Waals surface area (Å²) in [4.78, 5) is 40.8. The van der Waals surface area contributed by atoms with Crippen molar-refractivity contribution in [2.75, 3.05) is 18.1 Å². The highest BCUT2D eigenvalue weighted by Crippen LogP contribution is 2.28. The van der Waals surface area contributed by atoms with Gasteiger partial charge in [-0.25, -0.2) is 19.3 Å². The lowest BCUT2D eigenvalue weighted by Crippen LogP contribution is -2.32. The Balaban J connectivity index is 1.81. The molecule has 0 N–H and O–H groups in total. The lowest BCUT2D eigenvalue weighted by molar-refractivity contribution is -0.118. The molecule has 10 heteroatoms. The van der Waals surface area contributed by atoms with E-state index in [9.17, 15) is 9.59 Å². The zero-order valence-corrected chi connectivity index (χ0v) is 20.2. The van der Waals surface area contributed by atoms with E-state index in [-0.39, 0.29) is 5.91 Å². The molecule has 0 radical (unpaired) electrons. The molecule has 0 aromatic carbocycles. The fourth-order valence-corrected chi connectivity index (χ4v) is 4.62. The standard InChI is InChI=1S/C22H30N6O3S/c1-6-8-9-12-27(22-26-15(4)19(32-22)20(30)31-7-2)18(29)11-10-17-14(3)25-21-23-13-24-28(21)16(17)5/h13H,6-12H2,1-5H3. The molecular weight excluding hydrogens is 428 g/mol. The largest absolute Gasteiger partial charge is 0.462 e. The fraction of sp³-hybridized carbons (Fsp3) is 0.545. The van der Waals surface area contributed by atoms with Gasteiger partial charge in [0.1, 0.15) is 11.2 Å². The van der Waals surface area contributed by atoms with Gasteiger partial charge in [-0.15, -0.1) is 0 Å². The number of anilines is 1. The van der Waals surface area contributed by atoms with E-state index < -0.39 is 5.97 Å². The number of carbonyl (C=O) groups is 2. The third-order valence-corrected chi connectivity index (χ3v) is 6.50. The summed E-state index contributed by atoms with van der Waals surface area (Å²) in [6, 6.07) is 0. The van der Waals surface area contributed by atoms with E-state index in [0.29, 0.717) is 47.5 Å². The zero-order chi connectivity index (χ0) is 23.3. The first-order chi connectivity index (χ1) is 15.4. The summed E-state index contributed by atoms with van der Waals surface area (Å²) in [5.74, 6) is 0.136. The predicted molar refractivity (Wildman–Crippen MR) is 123 cm³/mol. The molecule has 3 aromatic rings. The van der Waals surface area contributed by atoms with Crippen molar-refractivity contribution >= 4 is 34.1 Å². The average Bonchev–Trinajstić information content (AvgIpc) is 3.37. The number of carbonyl (C=O) groups excluding carboxylic acids is 2. The van der Waals surface area contributed by atoms with E-state index >= 15 is 0 Å². The van der Waals surface area contributed by atoms with Gasteiger partial charge in [-0.2, -0.15) is 10.1 Å². The molecule has 0 aliphatic rings. The van der Waals surface area contributed by atoms with Crippen LogP contribution in [-0.4, -0.2) is 49.6 Å². The van der Waals surface area contributed by atoms with E-state index in [1.807, 2.05) is 13.8 Å². The minimum Gasteiger partial charge on any atom is -0.462 e. The maximum Gasteiger partial charge on any atom is 0.350 e. The minimum absolute atomic E-state index is 0.0252. The average molecular weight is 459 g/mol. The molecule has 172 valence electrons. The number of thiazole rings is 1. The van der Waals surface area contributed by atoms with Gasteiger partial charge >= 0.3 is 5.97 Å². The second kappa shape index (κ2) is 10.6. The second-order valence-corrected chi connectivity index (χ2v) is 8.59. The first kappa shape index (κ1) is 23.8. The van der Waals surface area contributed by atoms with Crippen LogP contribution in [0.25, 0.3) is 5.78 Å². The lowest BCUT2D eigenvalue weighted by atomic mass is 10.1. The highest BCUT2D eigenvalue weighted by molar-refractivity contribution is 7.17. The van der Waals surface area contributed by atoms with Crippen LogP contribution < -0.4 is 4.90 Å². The number of ether oxygens (including phenoxy) is 1. The number of hydrogen-bond acceptors (Lipinski definition) is 8. The lowest BCUT2D eigenvalue weighted by Gasteiger charge is -2.20. The molecule has 32 heavy (non-hydrogen) atoms. The Labute approximate surface area is 191 Å². The van der Waals surface area contributed by atoms with Crippen molar-refractivity contribution < 1.29 is 14.3 Å². The molecule has 3 aromatic heterocycles. The van der Waals surface area contributed by atoms with Gasteiger partial charge in [0.15, 0.2) is 5.13 Å². The van der Waals surface area contributed by atoms with E-state index in [1.165, 1.54) is 17.7 Å². The highest BCUT2D eigenvalue weighted by atomic mass is 32.1. The Bertz CT molecular complexity index is 1110.